The normalized spacial score (nSPS) is 20.6. The molecule has 0 bridgehead atoms. The van der Waals surface area contributed by atoms with E-state index in [1.54, 1.807) is 4.90 Å². The molecule has 2 aliphatic rings. The van der Waals surface area contributed by atoms with E-state index in [2.05, 4.69) is 38.2 Å². The number of piperazine rings is 1. The van der Waals surface area contributed by atoms with Crippen molar-refractivity contribution in [3.63, 3.8) is 0 Å². The van der Waals surface area contributed by atoms with Crippen molar-refractivity contribution in [2.45, 2.75) is 51.5 Å². The minimum absolute atomic E-state index is 0.0225. The maximum Gasteiger partial charge on any atom is 0.245 e. The van der Waals surface area contributed by atoms with Gasteiger partial charge in [-0.15, -0.1) is 0 Å². The molecule has 2 saturated heterocycles. The summed E-state index contributed by atoms with van der Waals surface area (Å²) in [5.74, 6) is 0.0186. The first-order valence-corrected chi connectivity index (χ1v) is 9.69. The van der Waals surface area contributed by atoms with Crippen LogP contribution in [0.15, 0.2) is 24.3 Å². The van der Waals surface area contributed by atoms with Gasteiger partial charge in [-0.2, -0.15) is 0 Å². The fourth-order valence-corrected chi connectivity index (χ4v) is 3.60. The van der Waals surface area contributed by atoms with E-state index in [4.69, 9.17) is 0 Å². The molecule has 0 saturated carbocycles. The molecule has 2 heterocycles. The number of carbonyl (C=O) groups excluding carboxylic acids is 3. The first-order valence-electron chi connectivity index (χ1n) is 9.69. The van der Waals surface area contributed by atoms with Gasteiger partial charge in [0, 0.05) is 32.6 Å². The van der Waals surface area contributed by atoms with Gasteiger partial charge in [-0.1, -0.05) is 45.0 Å². The highest BCUT2D eigenvalue weighted by atomic mass is 16.2. The van der Waals surface area contributed by atoms with Gasteiger partial charge in [0.25, 0.3) is 0 Å². The van der Waals surface area contributed by atoms with Crippen molar-refractivity contribution in [2.24, 2.45) is 0 Å². The Bertz CT molecular complexity index is 713. The first kappa shape index (κ1) is 19.4. The van der Waals surface area contributed by atoms with Crippen LogP contribution < -0.4 is 5.32 Å². The SMILES string of the molecule is CC(C)(C)c1ccc(CC(=O)N2CCN(C(=O)C3CCC(=O)N3)CC2)cc1. The third-order valence-electron chi connectivity index (χ3n) is 5.41. The van der Waals surface area contributed by atoms with E-state index in [1.807, 2.05) is 17.0 Å². The van der Waals surface area contributed by atoms with Crippen molar-refractivity contribution in [1.82, 2.24) is 15.1 Å². The second-order valence-corrected chi connectivity index (χ2v) is 8.49. The van der Waals surface area contributed by atoms with Gasteiger partial charge in [0.15, 0.2) is 0 Å². The van der Waals surface area contributed by atoms with Gasteiger partial charge in [0.05, 0.1) is 6.42 Å². The van der Waals surface area contributed by atoms with Gasteiger partial charge in [-0.25, -0.2) is 0 Å². The highest BCUT2D eigenvalue weighted by Gasteiger charge is 2.32. The van der Waals surface area contributed by atoms with Gasteiger partial charge >= 0.3 is 0 Å². The second kappa shape index (κ2) is 7.71. The van der Waals surface area contributed by atoms with Crippen LogP contribution in [0.2, 0.25) is 0 Å². The summed E-state index contributed by atoms with van der Waals surface area (Å²) in [7, 11) is 0. The predicted molar refractivity (Wildman–Crippen MR) is 103 cm³/mol. The minimum atomic E-state index is -0.388. The summed E-state index contributed by atoms with van der Waals surface area (Å²) in [4.78, 5) is 39.9. The van der Waals surface area contributed by atoms with E-state index in [1.165, 1.54) is 5.56 Å². The Morgan fingerprint density at radius 3 is 2.15 bits per heavy atom. The fraction of sp³-hybridized carbons (Fsp3) is 0.571. The summed E-state index contributed by atoms with van der Waals surface area (Å²) in [6.07, 6.45) is 1.38. The molecule has 1 unspecified atom stereocenters. The Balaban J connectivity index is 1.50. The number of carbonyl (C=O) groups is 3. The summed E-state index contributed by atoms with van der Waals surface area (Å²) in [5.41, 5.74) is 2.37. The monoisotopic (exact) mass is 371 g/mol. The van der Waals surface area contributed by atoms with Crippen LogP contribution in [0, 0.1) is 0 Å². The highest BCUT2D eigenvalue weighted by molar-refractivity contribution is 5.91. The Labute approximate surface area is 160 Å². The zero-order valence-electron chi connectivity index (χ0n) is 16.5. The quantitative estimate of drug-likeness (QED) is 0.875. The van der Waals surface area contributed by atoms with E-state index >= 15 is 0 Å². The van der Waals surface area contributed by atoms with E-state index < -0.39 is 0 Å². The smallest absolute Gasteiger partial charge is 0.245 e. The first-order chi connectivity index (χ1) is 12.7. The molecule has 0 radical (unpaired) electrons. The van der Waals surface area contributed by atoms with Crippen LogP contribution in [0.4, 0.5) is 0 Å². The van der Waals surface area contributed by atoms with Gasteiger partial charge in [-0.05, 0) is 23.0 Å². The molecule has 2 fully saturated rings. The summed E-state index contributed by atoms with van der Waals surface area (Å²) in [6, 6.07) is 7.85. The van der Waals surface area contributed by atoms with E-state index in [0.717, 1.165) is 5.56 Å². The third-order valence-corrected chi connectivity index (χ3v) is 5.41. The Morgan fingerprint density at radius 1 is 1.04 bits per heavy atom. The number of benzene rings is 1. The highest BCUT2D eigenvalue weighted by Crippen LogP contribution is 2.22. The van der Waals surface area contributed by atoms with Crippen molar-refractivity contribution in [2.75, 3.05) is 26.2 Å². The van der Waals surface area contributed by atoms with Crippen molar-refractivity contribution in [3.05, 3.63) is 35.4 Å². The average Bonchev–Trinajstić information content (AvgIpc) is 3.07. The molecule has 0 aromatic heterocycles. The van der Waals surface area contributed by atoms with E-state index in [0.29, 0.717) is 45.4 Å². The van der Waals surface area contributed by atoms with Gasteiger partial charge in [0.2, 0.25) is 17.7 Å². The number of hydrogen-bond donors (Lipinski definition) is 1. The van der Waals surface area contributed by atoms with Crippen LogP contribution in [0.5, 0.6) is 0 Å². The number of nitrogens with one attached hydrogen (secondary N) is 1. The number of nitrogens with zero attached hydrogens (tertiary/aromatic N) is 2. The largest absolute Gasteiger partial charge is 0.344 e. The van der Waals surface area contributed by atoms with E-state index in [9.17, 15) is 14.4 Å². The Morgan fingerprint density at radius 2 is 1.63 bits per heavy atom. The number of amides is 3. The zero-order chi connectivity index (χ0) is 19.6. The molecule has 0 spiro atoms. The van der Waals surface area contributed by atoms with Crippen molar-refractivity contribution in [1.29, 1.82) is 0 Å². The molecule has 146 valence electrons. The Kier molecular flexibility index (Phi) is 5.53. The van der Waals surface area contributed by atoms with Gasteiger partial charge in [0.1, 0.15) is 6.04 Å². The van der Waals surface area contributed by atoms with Crippen LogP contribution in [0.3, 0.4) is 0 Å². The predicted octanol–water partition coefficient (Wildman–Crippen LogP) is 1.48. The third kappa shape index (κ3) is 4.67. The van der Waals surface area contributed by atoms with Crippen molar-refractivity contribution in [3.8, 4) is 0 Å². The zero-order valence-corrected chi connectivity index (χ0v) is 16.5. The lowest BCUT2D eigenvalue weighted by Gasteiger charge is -2.36. The lowest BCUT2D eigenvalue weighted by Crippen LogP contribution is -2.54. The molecule has 3 rings (SSSR count). The van der Waals surface area contributed by atoms with Crippen LogP contribution >= 0.6 is 0 Å². The second-order valence-electron chi connectivity index (χ2n) is 8.49. The van der Waals surface area contributed by atoms with Crippen LogP contribution in [0.25, 0.3) is 0 Å². The topological polar surface area (TPSA) is 69.7 Å². The Hall–Kier alpha value is -2.37. The molecular weight excluding hydrogens is 342 g/mol. The molecule has 1 atom stereocenters. The lowest BCUT2D eigenvalue weighted by molar-refractivity contribution is -0.140. The molecule has 1 aromatic carbocycles. The van der Waals surface area contributed by atoms with Crippen LogP contribution in [0.1, 0.15) is 44.7 Å². The molecule has 3 amide bonds. The average molecular weight is 371 g/mol. The molecule has 27 heavy (non-hydrogen) atoms. The molecule has 0 aliphatic carbocycles. The fourth-order valence-electron chi connectivity index (χ4n) is 3.60. The van der Waals surface area contributed by atoms with Crippen LogP contribution in [-0.2, 0) is 26.2 Å². The summed E-state index contributed by atoms with van der Waals surface area (Å²) in [5, 5.41) is 2.72. The summed E-state index contributed by atoms with van der Waals surface area (Å²) in [6.45, 7) is 8.66. The molecule has 1 N–H and O–H groups in total. The molecule has 2 aliphatic heterocycles. The lowest BCUT2D eigenvalue weighted by atomic mass is 9.86. The summed E-state index contributed by atoms with van der Waals surface area (Å²) < 4.78 is 0. The molecule has 6 heteroatoms. The van der Waals surface area contributed by atoms with Gasteiger partial charge in [-0.3, -0.25) is 14.4 Å². The van der Waals surface area contributed by atoms with Crippen LogP contribution in [-0.4, -0.2) is 59.7 Å². The van der Waals surface area contributed by atoms with E-state index in [-0.39, 0.29) is 29.2 Å². The van der Waals surface area contributed by atoms with Crippen molar-refractivity contribution < 1.29 is 14.4 Å². The summed E-state index contributed by atoms with van der Waals surface area (Å²) >= 11 is 0. The minimum Gasteiger partial charge on any atom is -0.344 e. The molecule has 1 aromatic rings. The number of rotatable bonds is 3. The number of hydrogen-bond acceptors (Lipinski definition) is 3. The standard InChI is InChI=1S/C21H29N3O3/c1-21(2,3)16-6-4-15(5-7-16)14-19(26)23-10-12-24(13-11-23)20(27)17-8-9-18(25)22-17/h4-7,17H,8-14H2,1-3H3,(H,22,25). The maximum absolute atomic E-state index is 12.6. The molecule has 6 nitrogen and oxygen atoms in total. The van der Waals surface area contributed by atoms with Gasteiger partial charge < -0.3 is 15.1 Å². The maximum atomic E-state index is 12.6. The van der Waals surface area contributed by atoms with Crippen molar-refractivity contribution >= 4 is 17.7 Å². The molecular formula is C21H29N3O3.